The molecule has 6 rings (SSSR count). The number of nitrogens with zero attached hydrogens (tertiary/aromatic N) is 11. The first kappa shape index (κ1) is 66.6. The lowest BCUT2D eigenvalue weighted by Gasteiger charge is -2.30. The molecule has 6 amide bonds. The van der Waals surface area contributed by atoms with Gasteiger partial charge in [-0.3, -0.25) is 4.90 Å². The summed E-state index contributed by atoms with van der Waals surface area (Å²) in [6.45, 7) is 26.7. The number of nitrogens with one attached hydrogen (secondary N) is 3. The Morgan fingerprint density at radius 3 is 1.31 bits per heavy atom. The van der Waals surface area contributed by atoms with Crippen molar-refractivity contribution in [3.8, 4) is 11.5 Å². The Bertz CT molecular complexity index is 2800. The van der Waals surface area contributed by atoms with E-state index in [-0.39, 0.29) is 37.1 Å². The molecule has 2 saturated heterocycles. The minimum Gasteiger partial charge on any atom is -0.458 e. The molecule has 2 aliphatic heterocycles. The van der Waals surface area contributed by atoms with Crippen molar-refractivity contribution in [2.75, 3.05) is 118 Å². The number of urea groups is 2. The topological polar surface area (TPSA) is 250 Å². The lowest BCUT2D eigenvalue weighted by atomic mass is 10.0. The second-order valence-electron chi connectivity index (χ2n) is 22.7. The highest BCUT2D eigenvalue weighted by Gasteiger charge is 2.32. The molecule has 2 aromatic heterocycles. The Hall–Kier alpha value is -8.18. The van der Waals surface area contributed by atoms with Gasteiger partial charge >= 0.3 is 36.2 Å². The van der Waals surface area contributed by atoms with Gasteiger partial charge in [0.2, 0.25) is 11.9 Å². The number of aromatic nitrogens is 4. The van der Waals surface area contributed by atoms with Crippen molar-refractivity contribution in [1.82, 2.24) is 39.5 Å². The Morgan fingerprint density at radius 2 is 0.940 bits per heavy atom. The molecule has 2 atom stereocenters. The van der Waals surface area contributed by atoms with Crippen molar-refractivity contribution in [3.63, 3.8) is 0 Å². The third kappa shape index (κ3) is 20.0. The van der Waals surface area contributed by atoms with Gasteiger partial charge in [0, 0.05) is 99.9 Å². The fraction of sp³-hybridized carbons (Fsp3) is 0.567. The van der Waals surface area contributed by atoms with Crippen LogP contribution in [0.2, 0.25) is 0 Å². The molecule has 0 radical (unpaired) electrons. The van der Waals surface area contributed by atoms with E-state index in [0.717, 1.165) is 36.8 Å². The van der Waals surface area contributed by atoms with Gasteiger partial charge in [-0.15, -0.1) is 0 Å². The van der Waals surface area contributed by atoms with E-state index in [1.807, 2.05) is 89.5 Å². The normalized spacial score (nSPS) is 13.8. The number of rotatable bonds is 21. The number of anilines is 6. The first-order chi connectivity index (χ1) is 39.8. The van der Waals surface area contributed by atoms with Gasteiger partial charge in [-0.25, -0.2) is 38.7 Å². The van der Waals surface area contributed by atoms with Gasteiger partial charge in [0.1, 0.15) is 46.2 Å². The minimum absolute atomic E-state index is 0.238. The highest BCUT2D eigenvalue weighted by molar-refractivity contribution is 5.95. The Balaban J connectivity index is 0.000000308. The van der Waals surface area contributed by atoms with Crippen molar-refractivity contribution in [2.24, 2.45) is 0 Å². The molecule has 24 nitrogen and oxygen atoms in total. The van der Waals surface area contributed by atoms with Gasteiger partial charge in [0.15, 0.2) is 11.6 Å². The third-order valence-corrected chi connectivity index (χ3v) is 13.4. The van der Waals surface area contributed by atoms with Gasteiger partial charge in [0.25, 0.3) is 0 Å². The molecule has 4 aromatic rings. The van der Waals surface area contributed by atoms with Crippen molar-refractivity contribution in [2.45, 2.75) is 138 Å². The van der Waals surface area contributed by atoms with Gasteiger partial charge < -0.3 is 64.3 Å². The lowest BCUT2D eigenvalue weighted by molar-refractivity contribution is -0.156. The highest BCUT2D eigenvalue weighted by atomic mass is 16.6. The van der Waals surface area contributed by atoms with E-state index in [0.29, 0.717) is 105 Å². The molecule has 24 heteroatoms. The summed E-state index contributed by atoms with van der Waals surface area (Å²) in [7, 11) is 6.61. The van der Waals surface area contributed by atoms with Gasteiger partial charge in [-0.05, 0) is 137 Å². The smallest absolute Gasteiger partial charge is 0.415 e. The fourth-order valence-corrected chi connectivity index (χ4v) is 8.89. The lowest BCUT2D eigenvalue weighted by Crippen LogP contribution is -2.42. The van der Waals surface area contributed by atoms with Crippen molar-refractivity contribution in [1.29, 1.82) is 0 Å². The molecule has 2 fully saturated rings. The molecule has 2 aromatic carbocycles. The van der Waals surface area contributed by atoms with Gasteiger partial charge in [-0.1, -0.05) is 24.3 Å². The molecule has 0 spiro atoms. The van der Waals surface area contributed by atoms with E-state index >= 15 is 0 Å². The first-order valence-corrected chi connectivity index (χ1v) is 29.1. The summed E-state index contributed by atoms with van der Waals surface area (Å²) in [5.41, 5.74) is 0.978. The van der Waals surface area contributed by atoms with Crippen LogP contribution in [-0.4, -0.2) is 186 Å². The quantitative estimate of drug-likeness (QED) is 0.0658. The zero-order valence-corrected chi connectivity index (χ0v) is 52.0. The molecule has 4 heterocycles. The number of amides is 6. The maximum absolute atomic E-state index is 13.5. The average Bonchev–Trinajstić information content (AvgIpc) is 3.25. The zero-order valence-electron chi connectivity index (χ0n) is 52.0. The van der Waals surface area contributed by atoms with Crippen LogP contribution in [0.15, 0.2) is 60.9 Å². The minimum atomic E-state index is -0.846. The van der Waals surface area contributed by atoms with Crippen LogP contribution in [0.5, 0.6) is 11.5 Å². The van der Waals surface area contributed by atoms with Crippen molar-refractivity contribution in [3.05, 3.63) is 72.1 Å². The largest absolute Gasteiger partial charge is 0.458 e. The maximum Gasteiger partial charge on any atom is 0.415 e. The summed E-state index contributed by atoms with van der Waals surface area (Å²) in [6, 6.07) is 11.8. The van der Waals surface area contributed by atoms with Crippen LogP contribution < -0.4 is 40.1 Å². The molecule has 0 bridgehead atoms. The molecular weight excluding hydrogens is 1080 g/mol. The number of ether oxygens (including phenoxy) is 4. The predicted octanol–water partition coefficient (Wildman–Crippen LogP) is 9.17. The number of likely N-dealkylation sites (tertiary alicyclic amines) is 2. The van der Waals surface area contributed by atoms with E-state index in [1.165, 1.54) is 16.0 Å². The van der Waals surface area contributed by atoms with Crippen LogP contribution in [-0.2, 0) is 31.9 Å². The Morgan fingerprint density at radius 1 is 0.548 bits per heavy atom. The van der Waals surface area contributed by atoms with E-state index in [2.05, 4.69) is 30.9 Å². The molecule has 84 heavy (non-hydrogen) atoms. The number of hydrogen-bond donors (Lipinski definition) is 3. The number of carbonyl (C=O) groups is 6. The molecule has 0 unspecified atom stereocenters. The molecule has 3 N–H and O–H groups in total. The molecule has 2 aliphatic rings. The summed E-state index contributed by atoms with van der Waals surface area (Å²) in [6.07, 6.45) is 6.87. The van der Waals surface area contributed by atoms with Crippen LogP contribution in [0.3, 0.4) is 0 Å². The monoisotopic (exact) mass is 1170 g/mol. The molecule has 0 saturated carbocycles. The number of esters is 2. The number of hydrogen-bond acceptors (Lipinski definition) is 18. The summed E-state index contributed by atoms with van der Waals surface area (Å²) < 4.78 is 22.6. The number of carbonyl (C=O) groups excluding carboxylic acids is 6. The van der Waals surface area contributed by atoms with Crippen molar-refractivity contribution < 1.29 is 47.7 Å². The molecule has 460 valence electrons. The van der Waals surface area contributed by atoms with E-state index in [4.69, 9.17) is 23.9 Å². The second-order valence-corrected chi connectivity index (χ2v) is 22.7. The second kappa shape index (κ2) is 30.9. The standard InChI is InChI=1S/C31H47N7O5.C29H43N7O5/c1-9-36(10-2)28-32-21-25(38(11-3)29(40)35(7)8)26(34-28)33-24(27(39)43-31(4,5)6)20-22-14-16-23(17-15-22)42-30(41)37-18-12-13-19-37;1-8-35(9-2)26-30-19-23(32-27(38)34(6)7)24(33-26)31-22(25(37)41-29(3,4)5)18-20-12-14-21(15-13-20)40-28(39)36-16-10-11-17-36/h14-17,21,24H,9-13,18-20H2,1-8H3,(H,32,33,34);12-15,19,22H,8-11,16-18H2,1-7H3,(H,32,38)(H,30,31,33)/t24-;22-/m00/s1. The van der Waals surface area contributed by atoms with Crippen LogP contribution in [0.1, 0.15) is 113 Å². The van der Waals surface area contributed by atoms with Gasteiger partial charge in [0.05, 0.1) is 12.4 Å². The van der Waals surface area contributed by atoms with Crippen LogP contribution in [0.25, 0.3) is 0 Å². The van der Waals surface area contributed by atoms with Crippen molar-refractivity contribution >= 4 is 71.1 Å². The summed E-state index contributed by atoms with van der Waals surface area (Å²) in [4.78, 5) is 107. The highest BCUT2D eigenvalue weighted by Crippen LogP contribution is 2.30. The number of benzene rings is 2. The average molecular weight is 1170 g/mol. The van der Waals surface area contributed by atoms with E-state index in [1.54, 1.807) is 94.1 Å². The Labute approximate surface area is 495 Å². The van der Waals surface area contributed by atoms with Gasteiger partial charge in [-0.2, -0.15) is 9.97 Å². The fourth-order valence-electron chi connectivity index (χ4n) is 8.89. The van der Waals surface area contributed by atoms with E-state index < -0.39 is 35.2 Å². The first-order valence-electron chi connectivity index (χ1n) is 29.1. The third-order valence-electron chi connectivity index (χ3n) is 13.4. The predicted molar refractivity (Wildman–Crippen MR) is 326 cm³/mol. The van der Waals surface area contributed by atoms with E-state index in [9.17, 15) is 28.8 Å². The molecular formula is C60H90N14O10. The SMILES string of the molecule is CCN(CC)c1ncc(N(CC)C(=O)N(C)C)c(N[C@@H](Cc2ccc(OC(=O)N3CCCC3)cc2)C(=O)OC(C)(C)C)n1.CCN(CC)c1ncc(NC(=O)N(C)C)c(N[C@@H](Cc2ccc(OC(=O)N3CCCC3)cc2)C(=O)OC(C)(C)C)n1. The van der Waals surface area contributed by atoms with Crippen LogP contribution in [0, 0.1) is 0 Å². The molecule has 0 aliphatic carbocycles. The van der Waals surface area contributed by atoms with Crippen LogP contribution >= 0.6 is 0 Å². The maximum atomic E-state index is 13.5. The Kier molecular flexibility index (Phi) is 24.5. The zero-order chi connectivity index (χ0) is 61.9. The summed E-state index contributed by atoms with van der Waals surface area (Å²) in [5.74, 6) is 1.52. The van der Waals surface area contributed by atoms with Crippen LogP contribution in [0.4, 0.5) is 54.1 Å². The summed E-state index contributed by atoms with van der Waals surface area (Å²) >= 11 is 0. The summed E-state index contributed by atoms with van der Waals surface area (Å²) in [5, 5.41) is 9.30.